The fourth-order valence-corrected chi connectivity index (χ4v) is 18.3. The molecule has 434 valence electrons. The number of ether oxygens (including phenoxy) is 4. The number of aliphatic hydroxyl groups is 4. The highest BCUT2D eigenvalue weighted by Gasteiger charge is 2.61. The van der Waals surface area contributed by atoms with Gasteiger partial charge in [0.25, 0.3) is 0 Å². The lowest BCUT2D eigenvalue weighted by Gasteiger charge is -2.39. The van der Waals surface area contributed by atoms with E-state index in [1.54, 1.807) is 17.2 Å². The third-order valence-electron chi connectivity index (χ3n) is 17.0. The Labute approximate surface area is 484 Å². The highest BCUT2D eigenvalue weighted by Crippen LogP contribution is 2.56. The third kappa shape index (κ3) is 12.6. The van der Waals surface area contributed by atoms with E-state index in [1.807, 2.05) is 145 Å². The minimum atomic E-state index is -2.78. The topological polar surface area (TPSA) is 277 Å². The molecule has 9 N–H and O–H groups in total. The van der Waals surface area contributed by atoms with Crippen molar-refractivity contribution in [1.29, 1.82) is 0 Å². The van der Waals surface area contributed by atoms with Crippen molar-refractivity contribution in [2.45, 2.75) is 99.8 Å². The second kappa shape index (κ2) is 25.2. The van der Waals surface area contributed by atoms with Crippen molar-refractivity contribution < 1.29 is 44.2 Å². The van der Waals surface area contributed by atoms with Crippen LogP contribution in [0.3, 0.4) is 0 Å². The zero-order valence-electron chi connectivity index (χ0n) is 47.2. The molecule has 0 aliphatic heterocycles. The van der Waals surface area contributed by atoms with Gasteiger partial charge in [0.15, 0.2) is 30.6 Å². The summed E-state index contributed by atoms with van der Waals surface area (Å²) in [6, 6.07) is 48.6. The Balaban J connectivity index is 0.000000187. The van der Waals surface area contributed by atoms with Crippen LogP contribution in [0.15, 0.2) is 164 Å². The van der Waals surface area contributed by atoms with Crippen LogP contribution < -0.4 is 26.1 Å². The standard InChI is InChI=1S/C34H39N5O4Si.C28H35N5O5Si/c1-44(2,26-16-10-5-11-17-26)28-18-29(34(41,22-40)27(28)21-42-19-24-12-6-3-7-13-24)39-23-36-30-31(39)37-33(35)38-32(30)43-20-25-14-8-4-9-15-25;1-39(2,36)22-13-23(28(35,17-34)21(22)16-37-14-19-9-5-3-6-10-19)33-18-30-24-25(33)31-27(29)32-26(24)38-15-20-11-7-4-8-12-20/h3-17,23,27-29,40-41H,18-22H2,1-2H3,(H2,35,37,38);3-12,18,21-23,34-36H,13-17H2,1-2H3,(H2,29,31,32)/t27-,28?,29+,34+;21-,22?,23+,28+/m11/s1. The Morgan fingerprint density at radius 1 is 0.506 bits per heavy atom. The molecule has 4 heterocycles. The number of hydrogen-bond acceptors (Lipinski definition) is 17. The van der Waals surface area contributed by atoms with Crippen LogP contribution in [0.2, 0.25) is 37.3 Å². The predicted molar refractivity (Wildman–Crippen MR) is 322 cm³/mol. The van der Waals surface area contributed by atoms with Crippen LogP contribution in [0.1, 0.15) is 47.2 Å². The normalized spacial score (nSPS) is 22.6. The van der Waals surface area contributed by atoms with Gasteiger partial charge in [0, 0.05) is 11.8 Å². The lowest BCUT2D eigenvalue weighted by Crippen LogP contribution is -2.52. The number of aliphatic hydroxyl groups excluding tert-OH is 2. The van der Waals surface area contributed by atoms with Crippen LogP contribution in [0.5, 0.6) is 11.8 Å². The average molecular weight is 1160 g/mol. The van der Waals surface area contributed by atoms with Gasteiger partial charge < -0.3 is 64.8 Å². The molecule has 0 saturated heterocycles. The molecule has 8 atom stereocenters. The minimum Gasteiger partial charge on any atom is -0.471 e. The van der Waals surface area contributed by atoms with Gasteiger partial charge in [-0.3, -0.25) is 0 Å². The monoisotopic (exact) mass is 1160 g/mol. The summed E-state index contributed by atoms with van der Waals surface area (Å²) in [5.74, 6) is -0.275. The molecule has 2 aliphatic carbocycles. The molecular formula is C62H74N10O9Si2. The first-order valence-electron chi connectivity index (χ1n) is 28.0. The first-order chi connectivity index (χ1) is 40.0. The van der Waals surface area contributed by atoms with Gasteiger partial charge in [-0.25, -0.2) is 9.97 Å². The fraction of sp³-hybridized carbons (Fsp3) is 0.355. The zero-order chi connectivity index (χ0) is 58.4. The van der Waals surface area contributed by atoms with Crippen molar-refractivity contribution in [3.8, 4) is 11.8 Å². The Morgan fingerprint density at radius 2 is 0.855 bits per heavy atom. The van der Waals surface area contributed by atoms with E-state index in [1.165, 1.54) is 5.19 Å². The van der Waals surface area contributed by atoms with E-state index >= 15 is 0 Å². The molecule has 9 aromatic rings. The van der Waals surface area contributed by atoms with Crippen LogP contribution in [-0.4, -0.2) is 118 Å². The first-order valence-corrected chi connectivity index (χ1v) is 34.1. The number of nitrogen functional groups attached to an aromatic ring is 2. The van der Waals surface area contributed by atoms with Crippen LogP contribution in [0, 0.1) is 11.8 Å². The summed E-state index contributed by atoms with van der Waals surface area (Å²) in [7, 11) is -4.99. The average Bonchev–Trinajstić information content (AvgIpc) is 2.25. The summed E-state index contributed by atoms with van der Waals surface area (Å²) in [4.78, 5) is 37.9. The van der Waals surface area contributed by atoms with Gasteiger partial charge in [0.05, 0.1) is 72.5 Å². The van der Waals surface area contributed by atoms with Crippen LogP contribution in [-0.2, 0) is 35.9 Å². The van der Waals surface area contributed by atoms with E-state index in [0.717, 1.165) is 22.3 Å². The van der Waals surface area contributed by atoms with E-state index in [0.29, 0.717) is 61.6 Å². The highest BCUT2D eigenvalue weighted by molar-refractivity contribution is 6.91. The summed E-state index contributed by atoms with van der Waals surface area (Å²) in [5, 5.41) is 47.2. The van der Waals surface area contributed by atoms with Gasteiger partial charge in [-0.15, -0.1) is 0 Å². The predicted octanol–water partition coefficient (Wildman–Crippen LogP) is 7.53. The van der Waals surface area contributed by atoms with E-state index in [-0.39, 0.29) is 53.9 Å². The highest BCUT2D eigenvalue weighted by atomic mass is 28.4. The molecule has 5 aromatic carbocycles. The molecule has 0 spiro atoms. The number of anilines is 2. The van der Waals surface area contributed by atoms with Crippen molar-refractivity contribution >= 4 is 55.8 Å². The largest absolute Gasteiger partial charge is 0.471 e. The maximum absolute atomic E-state index is 12.5. The van der Waals surface area contributed by atoms with Crippen molar-refractivity contribution in [2.75, 3.05) is 37.9 Å². The van der Waals surface area contributed by atoms with E-state index in [4.69, 9.17) is 30.4 Å². The first kappa shape index (κ1) is 58.7. The number of hydrogen-bond donors (Lipinski definition) is 7. The Kier molecular flexibility index (Phi) is 17.8. The van der Waals surface area contributed by atoms with Crippen molar-refractivity contribution in [2.24, 2.45) is 11.8 Å². The summed E-state index contributed by atoms with van der Waals surface area (Å²) in [5.41, 5.74) is 14.7. The molecule has 0 amide bonds. The van der Waals surface area contributed by atoms with E-state index < -0.39 is 58.8 Å². The quantitative estimate of drug-likeness (QED) is 0.0342. The smallest absolute Gasteiger partial charge is 0.247 e. The summed E-state index contributed by atoms with van der Waals surface area (Å²) in [6.45, 7) is 9.24. The van der Waals surface area contributed by atoms with Gasteiger partial charge in [0.1, 0.15) is 24.4 Å². The minimum absolute atomic E-state index is 0.00834. The summed E-state index contributed by atoms with van der Waals surface area (Å²) >= 11 is 0. The fourth-order valence-electron chi connectivity index (χ4n) is 12.4. The van der Waals surface area contributed by atoms with E-state index in [9.17, 15) is 25.2 Å². The van der Waals surface area contributed by atoms with Crippen molar-refractivity contribution in [3.05, 3.63) is 187 Å². The molecule has 2 fully saturated rings. The number of imidazole rings is 2. The van der Waals surface area contributed by atoms with Gasteiger partial charge in [-0.05, 0) is 59.3 Å². The zero-order valence-corrected chi connectivity index (χ0v) is 49.2. The van der Waals surface area contributed by atoms with Gasteiger partial charge in [-0.2, -0.15) is 19.9 Å². The molecule has 2 aliphatic rings. The van der Waals surface area contributed by atoms with Crippen LogP contribution in [0.4, 0.5) is 11.9 Å². The van der Waals surface area contributed by atoms with Crippen LogP contribution in [0.25, 0.3) is 22.3 Å². The number of benzene rings is 5. The molecular weight excluding hydrogens is 1080 g/mol. The lowest BCUT2D eigenvalue weighted by atomic mass is 9.89. The molecule has 4 aromatic heterocycles. The Bertz CT molecular complexity index is 3550. The Hall–Kier alpha value is -7.45. The number of aromatic nitrogens is 8. The second-order valence-corrected chi connectivity index (χ2v) is 31.8. The molecule has 11 rings (SSSR count). The van der Waals surface area contributed by atoms with Crippen molar-refractivity contribution in [3.63, 3.8) is 0 Å². The SMILES string of the molecule is C[Si](C)(O)C1C[C@H](n2cnc3c(OCc4ccccc4)nc(N)nc32)[C@](O)(CO)[C@@H]1COCc1ccccc1.C[Si](C)(c1ccccc1)C1C[C@H](n2cnc3c(OCc4ccccc4)nc(N)nc32)[C@](O)(CO)[C@@H]1COCc1ccccc1. The molecule has 19 nitrogen and oxygen atoms in total. The van der Waals surface area contributed by atoms with Gasteiger partial charge in [-0.1, -0.05) is 170 Å². The van der Waals surface area contributed by atoms with E-state index in [2.05, 4.69) is 67.3 Å². The molecule has 2 saturated carbocycles. The summed E-state index contributed by atoms with van der Waals surface area (Å²) < 4.78 is 27.9. The van der Waals surface area contributed by atoms with Gasteiger partial charge in [0.2, 0.25) is 23.7 Å². The summed E-state index contributed by atoms with van der Waals surface area (Å²) in [6.07, 6.45) is 4.25. The maximum Gasteiger partial charge on any atom is 0.247 e. The third-order valence-corrected chi connectivity index (χ3v) is 23.7. The van der Waals surface area contributed by atoms with Crippen LogP contribution >= 0.6 is 0 Å². The lowest BCUT2D eigenvalue weighted by molar-refractivity contribution is -0.0940. The molecule has 83 heavy (non-hydrogen) atoms. The molecule has 0 radical (unpaired) electrons. The number of nitrogens with zero attached hydrogens (tertiary/aromatic N) is 8. The molecule has 21 heteroatoms. The molecule has 0 bridgehead atoms. The second-order valence-electron chi connectivity index (χ2n) is 22.9. The van der Waals surface area contributed by atoms with Crippen molar-refractivity contribution in [1.82, 2.24) is 39.0 Å². The maximum atomic E-state index is 12.5. The molecule has 2 unspecified atom stereocenters. The van der Waals surface area contributed by atoms with Gasteiger partial charge >= 0.3 is 0 Å². The number of fused-ring (bicyclic) bond motifs is 2. The number of rotatable bonds is 21. The number of nitrogens with two attached hydrogens (primary N) is 2. The Morgan fingerprint density at radius 3 is 1.23 bits per heavy atom.